The number of benzene rings is 12. The predicted octanol–water partition coefficient (Wildman–Crippen LogP) is 18.2. The van der Waals surface area contributed by atoms with Crippen LogP contribution in [0.25, 0.3) is 76.9 Å². The average molecular weight is 1050 g/mol. The Labute approximate surface area is 475 Å². The van der Waals surface area contributed by atoms with Crippen molar-refractivity contribution in [2.45, 2.75) is 25.4 Å². The normalized spacial score (nSPS) is 16.7. The van der Waals surface area contributed by atoms with Crippen LogP contribution in [-0.4, -0.2) is 12.8 Å². The molecule has 18 rings (SSSR count). The van der Waals surface area contributed by atoms with E-state index in [1.54, 1.807) is 0 Å². The van der Waals surface area contributed by atoms with Gasteiger partial charge in [-0.05, 0) is 117 Å². The molecule has 5 heterocycles. The fraction of sp³-hybridized carbons (Fsp3) is 0.0526. The van der Waals surface area contributed by atoms with Crippen LogP contribution in [0.15, 0.2) is 265 Å². The molecule has 5 nitrogen and oxygen atoms in total. The number of para-hydroxylation sites is 2. The Morgan fingerprint density at radius 2 is 1.00 bits per heavy atom. The van der Waals surface area contributed by atoms with E-state index in [1.165, 1.54) is 49.2 Å². The van der Waals surface area contributed by atoms with Crippen LogP contribution >= 0.6 is 0 Å². The summed E-state index contributed by atoms with van der Waals surface area (Å²) in [6.45, 7) is 4.35. The van der Waals surface area contributed by atoms with Gasteiger partial charge in [0.05, 0.1) is 44.9 Å². The second-order valence-electron chi connectivity index (χ2n) is 22.8. The standard InChI is InChI=1S/C76H50BN3O2/c1-46-24-12-15-35-53(46)51-44-59-67-60(45-51)80(58-40-23-32-48-26-14-17-37-55(48)58)73-66-75(82-62-42-20-21-43-76(62,66)2)64(50-29-8-4-9-30-50)71-69(73)77(67)68-70(78(71)52-33-10-5-11-34-52)63(49-27-6-3-7-28-49)74-65(56-38-18-19-41-61(56)81-74)72(68)79(59)57-39-22-31-47-25-13-16-36-54(47)57/h3-45,62H,1-2H3/t62?,76-/m0/s1. The summed E-state index contributed by atoms with van der Waals surface area (Å²) in [6.07, 6.45) is 8.80. The largest absolute Gasteiger partial charge is 0.484 e. The molecule has 0 N–H and O–H groups in total. The van der Waals surface area contributed by atoms with Gasteiger partial charge < -0.3 is 23.9 Å². The molecule has 6 heteroatoms. The van der Waals surface area contributed by atoms with Crippen molar-refractivity contribution in [3.63, 3.8) is 0 Å². The van der Waals surface area contributed by atoms with Crippen molar-refractivity contribution in [2.24, 2.45) is 0 Å². The number of fused-ring (bicyclic) bond motifs is 10. The molecule has 0 bridgehead atoms. The number of ether oxygens (including phenoxy) is 1. The van der Waals surface area contributed by atoms with Crippen LogP contribution in [0.5, 0.6) is 5.75 Å². The van der Waals surface area contributed by atoms with Crippen LogP contribution in [0.4, 0.5) is 51.2 Å². The van der Waals surface area contributed by atoms with Gasteiger partial charge in [-0.3, -0.25) is 0 Å². The van der Waals surface area contributed by atoms with Crippen molar-refractivity contribution in [1.82, 2.24) is 0 Å². The Bertz CT molecular complexity index is 4960. The van der Waals surface area contributed by atoms with Crippen LogP contribution in [0.1, 0.15) is 18.1 Å². The molecule has 12 aromatic carbocycles. The second-order valence-corrected chi connectivity index (χ2v) is 22.8. The molecule has 0 saturated carbocycles. The first-order valence-electron chi connectivity index (χ1n) is 28.6. The maximum absolute atomic E-state index is 7.77. The first kappa shape index (κ1) is 45.6. The van der Waals surface area contributed by atoms with E-state index in [9.17, 15) is 0 Å². The van der Waals surface area contributed by atoms with E-state index in [1.807, 2.05) is 0 Å². The SMILES string of the molecule is Cc1ccccc1-c1cc2c3c(c1)N(c1cccc4ccccc14)c1c4c(c(-c5ccccc5)c5oc6ccccc6c15)N(c1ccccc1)c1c(c(c5c(c1-c1ccccc1)OC1C=CC=C[C@]51C)N2c1cccc2ccccc12)B34. The van der Waals surface area contributed by atoms with Crippen molar-refractivity contribution in [3.8, 4) is 39.1 Å². The van der Waals surface area contributed by atoms with Gasteiger partial charge in [-0.15, -0.1) is 0 Å². The third-order valence-electron chi connectivity index (χ3n) is 18.4. The van der Waals surface area contributed by atoms with Crippen LogP contribution in [0, 0.1) is 6.92 Å². The van der Waals surface area contributed by atoms with Crippen molar-refractivity contribution in [2.75, 3.05) is 14.7 Å². The number of aryl methyl sites for hydroxylation is 1. The number of nitrogens with zero attached hydrogens (tertiary/aromatic N) is 3. The number of hydrogen-bond acceptors (Lipinski definition) is 5. The van der Waals surface area contributed by atoms with Crippen LogP contribution in [0.3, 0.4) is 0 Å². The van der Waals surface area contributed by atoms with E-state index in [-0.39, 0.29) is 12.8 Å². The van der Waals surface area contributed by atoms with Gasteiger partial charge in [-0.25, -0.2) is 0 Å². The second kappa shape index (κ2) is 16.9. The van der Waals surface area contributed by atoms with E-state index in [4.69, 9.17) is 9.15 Å². The minimum atomic E-state index is -0.570. The molecule has 0 amide bonds. The quantitative estimate of drug-likeness (QED) is 0.155. The van der Waals surface area contributed by atoms with Crippen LogP contribution < -0.4 is 35.8 Å². The van der Waals surface area contributed by atoms with Crippen molar-refractivity contribution < 1.29 is 9.15 Å². The van der Waals surface area contributed by atoms with Gasteiger partial charge >= 0.3 is 0 Å². The molecule has 4 aliphatic heterocycles. The lowest BCUT2D eigenvalue weighted by Crippen LogP contribution is -2.65. The van der Waals surface area contributed by atoms with Gasteiger partial charge in [0.15, 0.2) is 0 Å². The van der Waals surface area contributed by atoms with Gasteiger partial charge in [-0.1, -0.05) is 212 Å². The predicted molar refractivity (Wildman–Crippen MR) is 342 cm³/mol. The molecule has 0 spiro atoms. The fourth-order valence-electron chi connectivity index (χ4n) is 15.0. The molecule has 0 saturated heterocycles. The Balaban J connectivity index is 1.15. The number of furan rings is 1. The lowest BCUT2D eigenvalue weighted by molar-refractivity contribution is 0.229. The van der Waals surface area contributed by atoms with E-state index in [0.29, 0.717) is 0 Å². The monoisotopic (exact) mass is 1050 g/mol. The highest BCUT2D eigenvalue weighted by Crippen LogP contribution is 2.65. The minimum absolute atomic E-state index is 0.274. The summed E-state index contributed by atoms with van der Waals surface area (Å²) in [7, 11) is 0. The number of allylic oxidation sites excluding steroid dienone is 2. The highest BCUT2D eigenvalue weighted by atomic mass is 16.5. The Kier molecular flexibility index (Phi) is 9.37. The third-order valence-corrected chi connectivity index (χ3v) is 18.4. The molecule has 13 aromatic rings. The molecule has 0 fully saturated rings. The summed E-state index contributed by atoms with van der Waals surface area (Å²) in [6, 6.07) is 87.2. The summed E-state index contributed by atoms with van der Waals surface area (Å²) < 4.78 is 15.3. The number of rotatable bonds is 6. The highest BCUT2D eigenvalue weighted by molar-refractivity contribution is 7.03. The lowest BCUT2D eigenvalue weighted by atomic mass is 9.31. The number of anilines is 9. The maximum atomic E-state index is 7.77. The van der Waals surface area contributed by atoms with Gasteiger partial charge in [0.1, 0.15) is 23.0 Å². The third kappa shape index (κ3) is 6.02. The first-order chi connectivity index (χ1) is 40.5. The van der Waals surface area contributed by atoms with Gasteiger partial charge in [-0.2, -0.15) is 0 Å². The van der Waals surface area contributed by atoms with Crippen LogP contribution in [-0.2, 0) is 5.41 Å². The Hall–Kier alpha value is -10.3. The van der Waals surface area contributed by atoms with Gasteiger partial charge in [0, 0.05) is 49.9 Å². The van der Waals surface area contributed by atoms with Gasteiger partial charge in [0.2, 0.25) is 0 Å². The highest BCUT2D eigenvalue weighted by Gasteiger charge is 2.58. The van der Waals surface area contributed by atoms with Crippen molar-refractivity contribution >= 4 is 118 Å². The average Bonchev–Trinajstić information content (AvgIpc) is 1.73. The molecule has 0 radical (unpaired) electrons. The smallest absolute Gasteiger partial charge is 0.257 e. The molecule has 2 atom stereocenters. The Morgan fingerprint density at radius 1 is 0.451 bits per heavy atom. The van der Waals surface area contributed by atoms with E-state index >= 15 is 0 Å². The zero-order chi connectivity index (χ0) is 53.9. The zero-order valence-corrected chi connectivity index (χ0v) is 45.1. The lowest BCUT2D eigenvalue weighted by Gasteiger charge is -2.51. The van der Waals surface area contributed by atoms with E-state index in [0.717, 1.165) is 112 Å². The molecule has 1 aliphatic carbocycles. The molecule has 82 heavy (non-hydrogen) atoms. The Morgan fingerprint density at radius 3 is 1.68 bits per heavy atom. The van der Waals surface area contributed by atoms with E-state index in [2.05, 4.69) is 289 Å². The van der Waals surface area contributed by atoms with Gasteiger partial charge in [0.25, 0.3) is 6.71 Å². The molecular weight excluding hydrogens is 998 g/mol. The summed E-state index contributed by atoms with van der Waals surface area (Å²) in [5, 5.41) is 6.84. The molecule has 384 valence electrons. The molecular formula is C76H50BN3O2. The topological polar surface area (TPSA) is 32.1 Å². The fourth-order valence-corrected chi connectivity index (χ4v) is 15.0. The summed E-state index contributed by atoms with van der Waals surface area (Å²) in [5.41, 5.74) is 23.8. The van der Waals surface area contributed by atoms with E-state index < -0.39 is 5.41 Å². The zero-order valence-electron chi connectivity index (χ0n) is 45.1. The number of hydrogen-bond donors (Lipinski definition) is 0. The summed E-state index contributed by atoms with van der Waals surface area (Å²) >= 11 is 0. The summed E-state index contributed by atoms with van der Waals surface area (Å²) in [4.78, 5) is 7.95. The minimum Gasteiger partial charge on any atom is -0.484 e. The molecule has 5 aliphatic rings. The summed E-state index contributed by atoms with van der Waals surface area (Å²) in [5.74, 6) is 0.900. The van der Waals surface area contributed by atoms with Crippen molar-refractivity contribution in [1.29, 1.82) is 0 Å². The first-order valence-corrected chi connectivity index (χ1v) is 28.6. The van der Waals surface area contributed by atoms with Crippen LogP contribution in [0.2, 0.25) is 0 Å². The maximum Gasteiger partial charge on any atom is 0.257 e. The molecule has 1 aromatic heterocycles. The molecule has 1 unspecified atom stereocenters. The van der Waals surface area contributed by atoms with Crippen molar-refractivity contribution in [3.05, 3.63) is 272 Å².